The third-order valence-corrected chi connectivity index (χ3v) is 4.94. The van der Waals surface area contributed by atoms with E-state index in [2.05, 4.69) is 20.4 Å². The normalized spacial score (nSPS) is 14.6. The van der Waals surface area contributed by atoms with Gasteiger partial charge in [0.05, 0.1) is 24.3 Å². The largest absolute Gasteiger partial charge is 0.426 e. The summed E-state index contributed by atoms with van der Waals surface area (Å²) in [4.78, 5) is 16.8. The molecular weight excluding hydrogens is 475 g/mol. The highest BCUT2D eigenvalue weighted by molar-refractivity contribution is 6.31. The number of nitrogens with one attached hydrogen (secondary N) is 1. The van der Waals surface area contributed by atoms with Crippen molar-refractivity contribution in [2.75, 3.05) is 0 Å². The predicted octanol–water partition coefficient (Wildman–Crippen LogP) is 3.36. The zero-order valence-corrected chi connectivity index (χ0v) is 18.0. The van der Waals surface area contributed by atoms with Crippen LogP contribution in [0.15, 0.2) is 24.4 Å². The first-order valence-corrected chi connectivity index (χ1v) is 9.59. The SMILES string of the molecule is C[C@@H](NC(=O)[C@@](C)(O)C(F)(F)F)c1ncc(-c2cc(Cl)cc(F)c2-c2nnn(C)n2)cc1F. The second-order valence-electron chi connectivity index (χ2n) is 7.27. The van der Waals surface area contributed by atoms with Crippen molar-refractivity contribution in [3.63, 3.8) is 0 Å². The molecule has 0 radical (unpaired) electrons. The highest BCUT2D eigenvalue weighted by atomic mass is 35.5. The predicted molar refractivity (Wildman–Crippen MR) is 106 cm³/mol. The molecule has 2 N–H and O–H groups in total. The van der Waals surface area contributed by atoms with E-state index in [1.165, 1.54) is 20.0 Å². The van der Waals surface area contributed by atoms with Crippen molar-refractivity contribution in [3.8, 4) is 22.5 Å². The van der Waals surface area contributed by atoms with Crippen LogP contribution in [-0.2, 0) is 11.8 Å². The Bertz CT molecular complexity index is 1210. The van der Waals surface area contributed by atoms with Gasteiger partial charge < -0.3 is 10.4 Å². The van der Waals surface area contributed by atoms with Gasteiger partial charge in [-0.15, -0.1) is 10.2 Å². The van der Waals surface area contributed by atoms with Gasteiger partial charge in [-0.3, -0.25) is 9.78 Å². The van der Waals surface area contributed by atoms with Crippen molar-refractivity contribution in [1.29, 1.82) is 0 Å². The van der Waals surface area contributed by atoms with Gasteiger partial charge in [0.25, 0.3) is 5.91 Å². The fraction of sp³-hybridized carbons (Fsp3) is 0.316. The van der Waals surface area contributed by atoms with E-state index in [1.54, 1.807) is 0 Å². The molecule has 1 amide bonds. The molecule has 176 valence electrons. The summed E-state index contributed by atoms with van der Waals surface area (Å²) >= 11 is 5.94. The van der Waals surface area contributed by atoms with E-state index in [9.17, 15) is 31.9 Å². The van der Waals surface area contributed by atoms with E-state index >= 15 is 0 Å². The van der Waals surface area contributed by atoms with Crippen molar-refractivity contribution in [2.45, 2.75) is 31.7 Å². The van der Waals surface area contributed by atoms with Crippen LogP contribution in [0.3, 0.4) is 0 Å². The minimum Gasteiger partial charge on any atom is -0.373 e. The average Bonchev–Trinajstić information content (AvgIpc) is 3.11. The molecule has 0 unspecified atom stereocenters. The Morgan fingerprint density at radius 1 is 1.21 bits per heavy atom. The molecule has 0 saturated heterocycles. The number of nitrogens with zero attached hydrogens (tertiary/aromatic N) is 5. The molecule has 1 aromatic carbocycles. The van der Waals surface area contributed by atoms with Crippen LogP contribution in [-0.4, -0.2) is 48.0 Å². The maximum Gasteiger partial charge on any atom is 0.426 e. The van der Waals surface area contributed by atoms with Gasteiger partial charge in [-0.1, -0.05) is 11.6 Å². The lowest BCUT2D eigenvalue weighted by Gasteiger charge is -2.26. The number of aryl methyl sites for hydroxylation is 1. The summed E-state index contributed by atoms with van der Waals surface area (Å²) in [5, 5.41) is 22.6. The summed E-state index contributed by atoms with van der Waals surface area (Å²) < 4.78 is 68.0. The smallest absolute Gasteiger partial charge is 0.373 e. The number of benzene rings is 1. The Morgan fingerprint density at radius 3 is 2.42 bits per heavy atom. The van der Waals surface area contributed by atoms with Crippen LogP contribution in [0.4, 0.5) is 22.0 Å². The van der Waals surface area contributed by atoms with Crippen molar-refractivity contribution < 1.29 is 31.9 Å². The first kappa shape index (κ1) is 24.5. The van der Waals surface area contributed by atoms with E-state index in [0.29, 0.717) is 0 Å². The second kappa shape index (κ2) is 8.63. The molecule has 33 heavy (non-hydrogen) atoms. The fourth-order valence-electron chi connectivity index (χ4n) is 2.86. The van der Waals surface area contributed by atoms with Crippen molar-refractivity contribution in [2.24, 2.45) is 7.05 Å². The molecule has 0 aliphatic carbocycles. The summed E-state index contributed by atoms with van der Waals surface area (Å²) in [7, 11) is 1.46. The lowest BCUT2D eigenvalue weighted by atomic mass is 9.99. The number of hydrogen-bond acceptors (Lipinski definition) is 6. The molecule has 2 heterocycles. The Balaban J connectivity index is 1.97. The highest BCUT2D eigenvalue weighted by Gasteiger charge is 2.56. The number of carbonyl (C=O) groups is 1. The Labute approximate surface area is 188 Å². The topological polar surface area (TPSA) is 106 Å². The molecular formula is C19H16ClF5N6O2. The minimum absolute atomic E-state index is 0.00496. The molecule has 0 saturated carbocycles. The zero-order valence-electron chi connectivity index (χ0n) is 17.2. The van der Waals surface area contributed by atoms with Crippen molar-refractivity contribution in [3.05, 3.63) is 46.7 Å². The minimum atomic E-state index is -5.24. The molecule has 0 fully saturated rings. The van der Waals surface area contributed by atoms with E-state index in [4.69, 9.17) is 11.6 Å². The summed E-state index contributed by atoms with van der Waals surface area (Å²) in [6.45, 7) is 1.46. The van der Waals surface area contributed by atoms with Crippen molar-refractivity contribution in [1.82, 2.24) is 30.5 Å². The number of alkyl halides is 3. The van der Waals surface area contributed by atoms with E-state index in [1.807, 2.05) is 5.32 Å². The maximum atomic E-state index is 14.8. The lowest BCUT2D eigenvalue weighted by Crippen LogP contribution is -2.55. The Hall–Kier alpha value is -3.19. The molecule has 0 aliphatic heterocycles. The molecule has 0 spiro atoms. The van der Waals surface area contributed by atoms with Gasteiger partial charge in [-0.25, -0.2) is 8.78 Å². The third-order valence-electron chi connectivity index (χ3n) is 4.72. The van der Waals surface area contributed by atoms with Crippen LogP contribution in [0.5, 0.6) is 0 Å². The van der Waals surface area contributed by atoms with Gasteiger partial charge in [0, 0.05) is 16.8 Å². The van der Waals surface area contributed by atoms with Gasteiger partial charge >= 0.3 is 6.18 Å². The summed E-state index contributed by atoms with van der Waals surface area (Å²) in [5.41, 5.74) is -4.08. The van der Waals surface area contributed by atoms with Crippen LogP contribution in [0.25, 0.3) is 22.5 Å². The molecule has 0 aliphatic rings. The monoisotopic (exact) mass is 490 g/mol. The number of aliphatic hydroxyl groups is 1. The number of carbonyl (C=O) groups excluding carboxylic acids is 1. The standard InChI is InChI=1S/C19H16ClF5N6O2/c1-8(27-17(32)18(2,33)19(23,24)25)15-13(22)4-9(7-26-15)11-5-10(20)6-12(21)14(11)16-28-30-31(3)29-16/h4-8,33H,1-3H3,(H,27,32)/t8-,18-/m1/s1. The van der Waals surface area contributed by atoms with E-state index < -0.39 is 41.1 Å². The first-order valence-electron chi connectivity index (χ1n) is 9.21. The number of pyridine rings is 1. The van der Waals surface area contributed by atoms with Gasteiger partial charge in [-0.05, 0) is 42.8 Å². The molecule has 0 bridgehead atoms. The average molecular weight is 491 g/mol. The van der Waals surface area contributed by atoms with Crippen LogP contribution >= 0.6 is 11.6 Å². The van der Waals surface area contributed by atoms with Crippen LogP contribution in [0.1, 0.15) is 25.6 Å². The van der Waals surface area contributed by atoms with Gasteiger partial charge in [-0.2, -0.15) is 18.0 Å². The third kappa shape index (κ3) is 4.78. The number of rotatable bonds is 5. The number of aromatic nitrogens is 5. The van der Waals surface area contributed by atoms with Crippen molar-refractivity contribution >= 4 is 17.5 Å². The van der Waals surface area contributed by atoms with Gasteiger partial charge in [0.1, 0.15) is 11.6 Å². The Morgan fingerprint density at radius 2 is 1.88 bits per heavy atom. The quantitative estimate of drug-likeness (QED) is 0.531. The number of amides is 1. The number of hydrogen-bond donors (Lipinski definition) is 2. The van der Waals surface area contributed by atoms with Crippen LogP contribution < -0.4 is 5.32 Å². The number of tetrazole rings is 1. The fourth-order valence-corrected chi connectivity index (χ4v) is 3.07. The van der Waals surface area contributed by atoms with E-state index in [0.717, 1.165) is 23.1 Å². The van der Waals surface area contributed by atoms with E-state index in [-0.39, 0.29) is 34.5 Å². The molecule has 3 rings (SSSR count). The highest BCUT2D eigenvalue weighted by Crippen LogP contribution is 2.36. The number of halogens is 6. The molecule has 8 nitrogen and oxygen atoms in total. The van der Waals surface area contributed by atoms with Gasteiger partial charge in [0.15, 0.2) is 0 Å². The summed E-state index contributed by atoms with van der Waals surface area (Å²) in [6, 6.07) is 1.95. The maximum absolute atomic E-state index is 14.8. The molecule has 3 aromatic rings. The molecule has 14 heteroatoms. The summed E-state index contributed by atoms with van der Waals surface area (Å²) in [5.74, 6) is -3.68. The van der Waals surface area contributed by atoms with Crippen LogP contribution in [0.2, 0.25) is 5.02 Å². The molecule has 2 aromatic heterocycles. The zero-order chi connectivity index (χ0) is 24.7. The van der Waals surface area contributed by atoms with Crippen LogP contribution in [0, 0.1) is 11.6 Å². The first-order chi connectivity index (χ1) is 15.2. The molecule has 2 atom stereocenters. The van der Waals surface area contributed by atoms with Gasteiger partial charge in [0.2, 0.25) is 11.4 Å². The lowest BCUT2D eigenvalue weighted by molar-refractivity contribution is -0.245. The summed E-state index contributed by atoms with van der Waals surface area (Å²) in [6.07, 6.45) is -4.12. The Kier molecular flexibility index (Phi) is 6.40. The second-order valence-corrected chi connectivity index (χ2v) is 7.71.